The van der Waals surface area contributed by atoms with Gasteiger partial charge < -0.3 is 10.5 Å². The summed E-state index contributed by atoms with van der Waals surface area (Å²) in [5.74, 6) is 0.295. The summed E-state index contributed by atoms with van der Waals surface area (Å²) in [6.45, 7) is 0. The summed E-state index contributed by atoms with van der Waals surface area (Å²) < 4.78 is 18.4. The van der Waals surface area contributed by atoms with E-state index < -0.39 is 5.82 Å². The fourth-order valence-corrected chi connectivity index (χ4v) is 1.60. The van der Waals surface area contributed by atoms with Crippen molar-refractivity contribution in [1.82, 2.24) is 0 Å². The van der Waals surface area contributed by atoms with Gasteiger partial charge in [0.2, 0.25) is 0 Å². The van der Waals surface area contributed by atoms with Crippen molar-refractivity contribution in [1.29, 1.82) is 0 Å². The molecular formula is C12H8Cl2FNO. The van der Waals surface area contributed by atoms with Crippen LogP contribution in [0.3, 0.4) is 0 Å². The second kappa shape index (κ2) is 4.82. The maximum atomic E-state index is 12.9. The summed E-state index contributed by atoms with van der Waals surface area (Å²) >= 11 is 11.5. The van der Waals surface area contributed by atoms with Gasteiger partial charge in [-0.1, -0.05) is 23.2 Å². The normalized spacial score (nSPS) is 10.3. The molecule has 0 saturated carbocycles. The summed E-state index contributed by atoms with van der Waals surface area (Å²) in [4.78, 5) is 0. The summed E-state index contributed by atoms with van der Waals surface area (Å²) in [7, 11) is 0. The fraction of sp³-hybridized carbons (Fsp3) is 0. The molecule has 2 nitrogen and oxygen atoms in total. The molecule has 0 aliphatic carbocycles. The lowest BCUT2D eigenvalue weighted by Crippen LogP contribution is -1.92. The van der Waals surface area contributed by atoms with Crippen LogP contribution in [0.2, 0.25) is 10.0 Å². The van der Waals surface area contributed by atoms with E-state index >= 15 is 0 Å². The average Bonchev–Trinajstić information content (AvgIpc) is 2.29. The molecule has 17 heavy (non-hydrogen) atoms. The number of rotatable bonds is 2. The van der Waals surface area contributed by atoms with Crippen LogP contribution in [0, 0.1) is 5.82 Å². The van der Waals surface area contributed by atoms with Crippen molar-refractivity contribution in [2.24, 2.45) is 0 Å². The van der Waals surface area contributed by atoms with Gasteiger partial charge in [-0.2, -0.15) is 0 Å². The van der Waals surface area contributed by atoms with Gasteiger partial charge >= 0.3 is 0 Å². The number of nitrogens with two attached hydrogens (primary N) is 1. The van der Waals surface area contributed by atoms with Crippen molar-refractivity contribution >= 4 is 28.9 Å². The second-order valence-electron chi connectivity index (χ2n) is 3.36. The van der Waals surface area contributed by atoms with Crippen LogP contribution < -0.4 is 10.5 Å². The molecule has 0 radical (unpaired) electrons. The monoisotopic (exact) mass is 271 g/mol. The smallest absolute Gasteiger partial charge is 0.151 e. The Bertz CT molecular complexity index is 560. The molecule has 88 valence electrons. The Balaban J connectivity index is 2.31. The first kappa shape index (κ1) is 12.0. The number of hydrogen-bond acceptors (Lipinski definition) is 2. The molecule has 0 atom stereocenters. The minimum atomic E-state index is -0.502. The van der Waals surface area contributed by atoms with E-state index in [1.165, 1.54) is 18.2 Å². The predicted octanol–water partition coefficient (Wildman–Crippen LogP) is 4.51. The zero-order chi connectivity index (χ0) is 12.4. The van der Waals surface area contributed by atoms with Crippen molar-refractivity contribution in [3.05, 3.63) is 52.3 Å². The molecule has 2 rings (SSSR count). The van der Waals surface area contributed by atoms with Crippen molar-refractivity contribution in [2.45, 2.75) is 0 Å². The van der Waals surface area contributed by atoms with Gasteiger partial charge in [0.05, 0.1) is 10.7 Å². The third kappa shape index (κ3) is 2.81. The molecule has 2 aromatic carbocycles. The van der Waals surface area contributed by atoms with Crippen LogP contribution in [0.4, 0.5) is 10.1 Å². The highest BCUT2D eigenvalue weighted by Gasteiger charge is 2.06. The van der Waals surface area contributed by atoms with Gasteiger partial charge in [0.15, 0.2) is 5.75 Å². The molecule has 0 unspecified atom stereocenters. The van der Waals surface area contributed by atoms with Crippen molar-refractivity contribution in [3.63, 3.8) is 0 Å². The maximum Gasteiger partial charge on any atom is 0.151 e. The Labute approximate surface area is 108 Å². The number of halogens is 3. The lowest BCUT2D eigenvalue weighted by Gasteiger charge is -2.09. The number of benzene rings is 2. The standard InChI is InChI=1S/C12H8Cl2FNO/c13-7-1-4-11(16)12(5-7)17-8-2-3-10(15)9(14)6-8/h1-6H,16H2. The van der Waals surface area contributed by atoms with E-state index in [-0.39, 0.29) is 5.02 Å². The molecular weight excluding hydrogens is 264 g/mol. The van der Waals surface area contributed by atoms with Gasteiger partial charge in [-0.25, -0.2) is 4.39 Å². The van der Waals surface area contributed by atoms with Gasteiger partial charge in [0, 0.05) is 17.2 Å². The van der Waals surface area contributed by atoms with E-state index in [0.717, 1.165) is 0 Å². The molecule has 2 aromatic rings. The lowest BCUT2D eigenvalue weighted by molar-refractivity contribution is 0.483. The van der Waals surface area contributed by atoms with E-state index in [1.54, 1.807) is 18.2 Å². The Kier molecular flexibility index (Phi) is 3.41. The molecule has 5 heteroatoms. The Morgan fingerprint density at radius 3 is 2.53 bits per heavy atom. The van der Waals surface area contributed by atoms with E-state index in [4.69, 9.17) is 33.7 Å². The highest BCUT2D eigenvalue weighted by Crippen LogP contribution is 2.31. The Morgan fingerprint density at radius 2 is 1.82 bits per heavy atom. The highest BCUT2D eigenvalue weighted by atomic mass is 35.5. The number of ether oxygens (including phenoxy) is 1. The first-order valence-electron chi connectivity index (χ1n) is 4.74. The van der Waals surface area contributed by atoms with Crippen molar-refractivity contribution < 1.29 is 9.13 Å². The van der Waals surface area contributed by atoms with Gasteiger partial charge in [-0.15, -0.1) is 0 Å². The minimum Gasteiger partial charge on any atom is -0.455 e. The predicted molar refractivity (Wildman–Crippen MR) is 67.3 cm³/mol. The molecule has 0 bridgehead atoms. The lowest BCUT2D eigenvalue weighted by atomic mass is 10.3. The van der Waals surface area contributed by atoms with Crippen LogP contribution in [-0.2, 0) is 0 Å². The Hall–Kier alpha value is -1.45. The van der Waals surface area contributed by atoms with Crippen LogP contribution in [0.5, 0.6) is 11.5 Å². The van der Waals surface area contributed by atoms with E-state index in [0.29, 0.717) is 22.2 Å². The van der Waals surface area contributed by atoms with E-state index in [9.17, 15) is 4.39 Å². The molecule has 0 aliphatic rings. The highest BCUT2D eigenvalue weighted by molar-refractivity contribution is 6.31. The molecule has 0 fully saturated rings. The molecule has 2 N–H and O–H groups in total. The zero-order valence-electron chi connectivity index (χ0n) is 8.58. The van der Waals surface area contributed by atoms with Gasteiger partial charge in [0.25, 0.3) is 0 Å². The second-order valence-corrected chi connectivity index (χ2v) is 4.20. The number of hydrogen-bond donors (Lipinski definition) is 1. The SMILES string of the molecule is Nc1ccc(Cl)cc1Oc1ccc(F)c(Cl)c1. The maximum absolute atomic E-state index is 12.9. The van der Waals surface area contributed by atoms with Crippen LogP contribution in [0.1, 0.15) is 0 Å². The molecule has 0 spiro atoms. The largest absolute Gasteiger partial charge is 0.455 e. The molecule has 0 aromatic heterocycles. The average molecular weight is 272 g/mol. The summed E-state index contributed by atoms with van der Waals surface area (Å²) in [6.07, 6.45) is 0. The number of nitrogen functional groups attached to an aromatic ring is 1. The number of anilines is 1. The third-order valence-corrected chi connectivity index (χ3v) is 2.62. The molecule has 0 aliphatic heterocycles. The molecule has 0 heterocycles. The first-order valence-corrected chi connectivity index (χ1v) is 5.50. The summed E-state index contributed by atoms with van der Waals surface area (Å²) in [6, 6.07) is 8.91. The van der Waals surface area contributed by atoms with E-state index in [1.807, 2.05) is 0 Å². The zero-order valence-corrected chi connectivity index (χ0v) is 10.1. The minimum absolute atomic E-state index is 0.0110. The summed E-state index contributed by atoms with van der Waals surface area (Å²) in [5.41, 5.74) is 6.15. The first-order chi connectivity index (χ1) is 8.06. The van der Waals surface area contributed by atoms with Crippen LogP contribution in [0.15, 0.2) is 36.4 Å². The van der Waals surface area contributed by atoms with Crippen molar-refractivity contribution in [3.8, 4) is 11.5 Å². The molecule has 0 amide bonds. The van der Waals surface area contributed by atoms with Crippen LogP contribution in [-0.4, -0.2) is 0 Å². The molecule has 0 saturated heterocycles. The van der Waals surface area contributed by atoms with Crippen molar-refractivity contribution in [2.75, 3.05) is 5.73 Å². The summed E-state index contributed by atoms with van der Waals surface area (Å²) in [5, 5.41) is 0.491. The quantitative estimate of drug-likeness (QED) is 0.816. The Morgan fingerprint density at radius 1 is 1.06 bits per heavy atom. The van der Waals surface area contributed by atoms with Crippen LogP contribution >= 0.6 is 23.2 Å². The third-order valence-electron chi connectivity index (χ3n) is 2.09. The van der Waals surface area contributed by atoms with Gasteiger partial charge in [-0.05, 0) is 24.3 Å². The van der Waals surface area contributed by atoms with Crippen LogP contribution in [0.25, 0.3) is 0 Å². The van der Waals surface area contributed by atoms with Gasteiger partial charge in [0.1, 0.15) is 11.6 Å². The topological polar surface area (TPSA) is 35.2 Å². The van der Waals surface area contributed by atoms with Gasteiger partial charge in [-0.3, -0.25) is 0 Å². The fourth-order valence-electron chi connectivity index (χ4n) is 1.26. The van der Waals surface area contributed by atoms with E-state index in [2.05, 4.69) is 0 Å².